The highest BCUT2D eigenvalue weighted by Crippen LogP contribution is 2.30. The average molecular weight is 260 g/mol. The van der Waals surface area contributed by atoms with Crippen molar-refractivity contribution in [3.05, 3.63) is 36.5 Å². The number of alkyl halides is 3. The van der Waals surface area contributed by atoms with Gasteiger partial charge < -0.3 is 10.4 Å². The van der Waals surface area contributed by atoms with Crippen molar-refractivity contribution in [2.45, 2.75) is 18.6 Å². The molecule has 0 aliphatic carbocycles. The molecule has 0 fully saturated rings. The van der Waals surface area contributed by atoms with Crippen molar-refractivity contribution in [3.63, 3.8) is 0 Å². The number of aliphatic carboxylic acids is 1. The Morgan fingerprint density at radius 3 is 2.78 bits per heavy atom. The van der Waals surface area contributed by atoms with Crippen LogP contribution < -0.4 is 5.32 Å². The van der Waals surface area contributed by atoms with E-state index in [1.165, 1.54) is 6.08 Å². The van der Waals surface area contributed by atoms with Gasteiger partial charge in [0.1, 0.15) is 11.9 Å². The molecule has 98 valence electrons. The van der Waals surface area contributed by atoms with Gasteiger partial charge in [-0.3, -0.25) is 0 Å². The number of rotatable bonds is 5. The fourth-order valence-corrected chi connectivity index (χ4v) is 1.25. The third-order valence-electron chi connectivity index (χ3n) is 2.11. The number of aromatic nitrogens is 1. The second kappa shape index (κ2) is 5.52. The average Bonchev–Trinajstić information content (AvgIpc) is 2.27. The number of hydrogen-bond donors (Lipinski definition) is 2. The first-order valence-corrected chi connectivity index (χ1v) is 4.98. The van der Waals surface area contributed by atoms with E-state index in [1.54, 1.807) is 0 Å². The molecule has 1 atom stereocenters. The molecular weight excluding hydrogens is 249 g/mol. The number of halogens is 3. The molecule has 0 aliphatic rings. The van der Waals surface area contributed by atoms with Gasteiger partial charge in [0.15, 0.2) is 0 Å². The van der Waals surface area contributed by atoms with Gasteiger partial charge in [0.25, 0.3) is 0 Å². The van der Waals surface area contributed by atoms with Gasteiger partial charge in [-0.1, -0.05) is 6.08 Å². The number of nitrogens with one attached hydrogen (secondary N) is 1. The van der Waals surface area contributed by atoms with Crippen molar-refractivity contribution in [1.29, 1.82) is 0 Å². The van der Waals surface area contributed by atoms with Crippen molar-refractivity contribution in [1.82, 2.24) is 4.98 Å². The summed E-state index contributed by atoms with van der Waals surface area (Å²) in [5, 5.41) is 11.2. The molecule has 1 heterocycles. The van der Waals surface area contributed by atoms with Crippen LogP contribution in [0.3, 0.4) is 0 Å². The van der Waals surface area contributed by atoms with Gasteiger partial charge in [0.05, 0.1) is 5.56 Å². The van der Waals surface area contributed by atoms with Gasteiger partial charge >= 0.3 is 12.1 Å². The predicted octanol–water partition coefficient (Wildman–Crippen LogP) is 2.54. The smallest absolute Gasteiger partial charge is 0.416 e. The molecule has 0 saturated heterocycles. The Hall–Kier alpha value is -2.05. The molecule has 0 radical (unpaired) electrons. The van der Waals surface area contributed by atoms with Gasteiger partial charge in [0.2, 0.25) is 0 Å². The van der Waals surface area contributed by atoms with Crippen molar-refractivity contribution < 1.29 is 23.1 Å². The fraction of sp³-hybridized carbons (Fsp3) is 0.273. The number of pyridine rings is 1. The maximum Gasteiger partial charge on any atom is 0.416 e. The molecule has 2 N–H and O–H groups in total. The summed E-state index contributed by atoms with van der Waals surface area (Å²) < 4.78 is 37.3. The summed E-state index contributed by atoms with van der Waals surface area (Å²) in [5.74, 6) is -1.33. The van der Waals surface area contributed by atoms with Crippen LogP contribution in [-0.2, 0) is 11.0 Å². The quantitative estimate of drug-likeness (QED) is 0.798. The van der Waals surface area contributed by atoms with E-state index in [-0.39, 0.29) is 12.2 Å². The number of hydrogen-bond acceptors (Lipinski definition) is 3. The zero-order valence-corrected chi connectivity index (χ0v) is 9.24. The largest absolute Gasteiger partial charge is 0.480 e. The van der Waals surface area contributed by atoms with E-state index in [9.17, 15) is 18.0 Å². The summed E-state index contributed by atoms with van der Waals surface area (Å²) in [6, 6.07) is 0.520. The standard InChI is InChI=1S/C11H11F3N2O2/c1-2-3-8(10(17)18)16-9-6-7(4-5-15-9)11(12,13)14/h2,4-6,8H,1,3H2,(H,15,16)(H,17,18). The number of nitrogens with zero attached hydrogens (tertiary/aromatic N) is 1. The molecule has 4 nitrogen and oxygen atoms in total. The third-order valence-corrected chi connectivity index (χ3v) is 2.11. The van der Waals surface area contributed by atoms with Crippen LogP contribution in [0.5, 0.6) is 0 Å². The molecule has 0 saturated carbocycles. The SMILES string of the molecule is C=CCC(Nc1cc(C(F)(F)F)ccn1)C(=O)O. The van der Waals surface area contributed by atoms with Crippen LogP contribution in [0.25, 0.3) is 0 Å². The van der Waals surface area contributed by atoms with E-state index in [0.29, 0.717) is 0 Å². The fourth-order valence-electron chi connectivity index (χ4n) is 1.25. The Morgan fingerprint density at radius 2 is 2.28 bits per heavy atom. The van der Waals surface area contributed by atoms with Gasteiger partial charge in [-0.15, -0.1) is 6.58 Å². The lowest BCUT2D eigenvalue weighted by Gasteiger charge is -2.14. The Kier molecular flexibility index (Phi) is 4.30. The summed E-state index contributed by atoms with van der Waals surface area (Å²) >= 11 is 0. The minimum atomic E-state index is -4.49. The van der Waals surface area contributed by atoms with E-state index in [2.05, 4.69) is 16.9 Å². The number of carboxylic acids is 1. The number of carbonyl (C=O) groups is 1. The lowest BCUT2D eigenvalue weighted by Crippen LogP contribution is -2.29. The van der Waals surface area contributed by atoms with E-state index in [0.717, 1.165) is 18.3 Å². The summed E-state index contributed by atoms with van der Waals surface area (Å²) in [6.07, 6.45) is -2.08. The maximum absolute atomic E-state index is 12.4. The van der Waals surface area contributed by atoms with Crippen LogP contribution in [0.1, 0.15) is 12.0 Å². The van der Waals surface area contributed by atoms with Crippen LogP contribution >= 0.6 is 0 Å². The Labute approximate surface area is 101 Å². The normalized spacial score (nSPS) is 12.8. The van der Waals surface area contributed by atoms with Crippen LogP contribution in [0.15, 0.2) is 31.0 Å². The lowest BCUT2D eigenvalue weighted by molar-refractivity contribution is -0.138. The molecular formula is C11H11F3N2O2. The topological polar surface area (TPSA) is 62.2 Å². The summed E-state index contributed by atoms with van der Waals surface area (Å²) in [6.45, 7) is 3.38. The van der Waals surface area contributed by atoms with Gasteiger partial charge in [-0.25, -0.2) is 9.78 Å². The van der Waals surface area contributed by atoms with Gasteiger partial charge in [0, 0.05) is 6.20 Å². The predicted molar refractivity (Wildman–Crippen MR) is 59.1 cm³/mol. The molecule has 0 spiro atoms. The van der Waals surface area contributed by atoms with Crippen LogP contribution in [0.4, 0.5) is 19.0 Å². The summed E-state index contributed by atoms with van der Waals surface area (Å²) in [7, 11) is 0. The monoisotopic (exact) mass is 260 g/mol. The molecule has 1 aromatic heterocycles. The zero-order valence-electron chi connectivity index (χ0n) is 9.24. The first-order chi connectivity index (χ1) is 8.34. The summed E-state index contributed by atoms with van der Waals surface area (Å²) in [5.41, 5.74) is -0.886. The maximum atomic E-state index is 12.4. The van der Waals surface area contributed by atoms with E-state index in [1.807, 2.05) is 0 Å². The lowest BCUT2D eigenvalue weighted by atomic mass is 10.2. The Balaban J connectivity index is 2.90. The van der Waals surface area contributed by atoms with Crippen LogP contribution in [0.2, 0.25) is 0 Å². The number of anilines is 1. The molecule has 0 amide bonds. The van der Waals surface area contributed by atoms with Crippen molar-refractivity contribution >= 4 is 11.8 Å². The molecule has 1 rings (SSSR count). The minimum absolute atomic E-state index is 0.0766. The summed E-state index contributed by atoms with van der Waals surface area (Å²) in [4.78, 5) is 14.5. The molecule has 18 heavy (non-hydrogen) atoms. The molecule has 1 unspecified atom stereocenters. The molecule has 0 aliphatic heterocycles. The first-order valence-electron chi connectivity index (χ1n) is 4.98. The minimum Gasteiger partial charge on any atom is -0.480 e. The van der Waals surface area contributed by atoms with E-state index in [4.69, 9.17) is 5.11 Å². The second-order valence-electron chi connectivity index (χ2n) is 3.49. The van der Waals surface area contributed by atoms with E-state index < -0.39 is 23.8 Å². The van der Waals surface area contributed by atoms with E-state index >= 15 is 0 Å². The number of carboxylic acid groups (broad SMARTS) is 1. The second-order valence-corrected chi connectivity index (χ2v) is 3.49. The molecule has 7 heteroatoms. The van der Waals surface area contributed by atoms with Crippen LogP contribution in [-0.4, -0.2) is 22.1 Å². The zero-order chi connectivity index (χ0) is 13.8. The van der Waals surface area contributed by atoms with Crippen molar-refractivity contribution in [2.24, 2.45) is 0 Å². The highest BCUT2D eigenvalue weighted by Gasteiger charge is 2.31. The first kappa shape index (κ1) is 14.0. The van der Waals surface area contributed by atoms with Crippen LogP contribution in [0, 0.1) is 0 Å². The Bertz CT molecular complexity index is 446. The van der Waals surface area contributed by atoms with Crippen molar-refractivity contribution in [2.75, 3.05) is 5.32 Å². The highest BCUT2D eigenvalue weighted by molar-refractivity contribution is 5.77. The Morgan fingerprint density at radius 1 is 1.61 bits per heavy atom. The third kappa shape index (κ3) is 3.76. The molecule has 0 bridgehead atoms. The molecule has 0 aromatic carbocycles. The van der Waals surface area contributed by atoms with Gasteiger partial charge in [-0.2, -0.15) is 13.2 Å². The van der Waals surface area contributed by atoms with Gasteiger partial charge in [-0.05, 0) is 18.6 Å². The molecule has 1 aromatic rings. The van der Waals surface area contributed by atoms with Crippen molar-refractivity contribution in [3.8, 4) is 0 Å². The highest BCUT2D eigenvalue weighted by atomic mass is 19.4.